The zero-order chi connectivity index (χ0) is 19.7. The minimum atomic E-state index is -0.586. The molecule has 0 aliphatic heterocycles. The molecule has 3 aromatic rings. The van der Waals surface area contributed by atoms with E-state index >= 15 is 0 Å². The smallest absolute Gasteiger partial charge is 0.361 e. The van der Waals surface area contributed by atoms with E-state index in [-0.39, 0.29) is 33.8 Å². The summed E-state index contributed by atoms with van der Waals surface area (Å²) in [4.78, 5) is 23.0. The maximum Gasteiger partial charge on any atom is 0.390 e. The summed E-state index contributed by atoms with van der Waals surface area (Å²) in [6, 6.07) is 6.17. The van der Waals surface area contributed by atoms with Crippen molar-refractivity contribution >= 4 is 40.6 Å². The summed E-state index contributed by atoms with van der Waals surface area (Å²) >= 11 is 12.1. The summed E-state index contributed by atoms with van der Waals surface area (Å²) in [5, 5.41) is 21.7. The lowest BCUT2D eigenvalue weighted by atomic mass is 10.1. The second kappa shape index (κ2) is 7.37. The number of aromatic nitrogens is 3. The molecule has 9 nitrogen and oxygen atoms in total. The van der Waals surface area contributed by atoms with Gasteiger partial charge in [-0.3, -0.25) is 4.79 Å². The summed E-state index contributed by atoms with van der Waals surface area (Å²) in [5.74, 6) is -0.463. The van der Waals surface area contributed by atoms with Gasteiger partial charge in [0.1, 0.15) is 5.76 Å². The number of halogens is 2. The van der Waals surface area contributed by atoms with Gasteiger partial charge in [-0.25, -0.2) is 0 Å². The zero-order valence-corrected chi connectivity index (χ0v) is 15.7. The molecule has 27 heavy (non-hydrogen) atoms. The molecule has 0 aliphatic carbocycles. The number of nitro groups is 1. The van der Waals surface area contributed by atoms with Crippen LogP contribution in [-0.4, -0.2) is 25.8 Å². The fourth-order valence-corrected chi connectivity index (χ4v) is 2.93. The molecular formula is C16H13Cl2N5O4. The van der Waals surface area contributed by atoms with Gasteiger partial charge in [-0.15, -0.1) is 0 Å². The van der Waals surface area contributed by atoms with Crippen molar-refractivity contribution in [3.8, 4) is 0 Å². The Morgan fingerprint density at radius 2 is 2.00 bits per heavy atom. The van der Waals surface area contributed by atoms with Gasteiger partial charge in [0.15, 0.2) is 5.69 Å². The number of carbonyl (C=O) groups excluding carboxylic acids is 1. The lowest BCUT2D eigenvalue weighted by Crippen LogP contribution is -2.17. The van der Waals surface area contributed by atoms with Crippen molar-refractivity contribution in [1.29, 1.82) is 0 Å². The summed E-state index contributed by atoms with van der Waals surface area (Å²) < 4.78 is 6.53. The van der Waals surface area contributed by atoms with E-state index in [1.165, 1.54) is 10.7 Å². The van der Waals surface area contributed by atoms with Crippen LogP contribution in [0.1, 0.15) is 27.5 Å². The molecule has 0 saturated carbocycles. The van der Waals surface area contributed by atoms with E-state index < -0.39 is 10.8 Å². The van der Waals surface area contributed by atoms with Gasteiger partial charge in [-0.05, 0) is 30.9 Å². The first-order valence-corrected chi connectivity index (χ1v) is 8.43. The Labute approximate surface area is 163 Å². The highest BCUT2D eigenvalue weighted by atomic mass is 35.5. The fourth-order valence-electron chi connectivity index (χ4n) is 2.44. The van der Waals surface area contributed by atoms with Crippen LogP contribution in [0.3, 0.4) is 0 Å². The van der Waals surface area contributed by atoms with Crippen LogP contribution in [-0.2, 0) is 6.54 Å². The monoisotopic (exact) mass is 409 g/mol. The SMILES string of the molecule is Cc1onc(C(=O)Nc2c(Cl)cccc2Cl)c1Cn1nc([N+](=O)[O-])cc1C. The molecule has 1 aromatic carbocycles. The van der Waals surface area contributed by atoms with Crippen molar-refractivity contribution in [3.05, 3.63) is 67.1 Å². The van der Waals surface area contributed by atoms with Crippen LogP contribution in [0.25, 0.3) is 0 Å². The molecule has 11 heteroatoms. The van der Waals surface area contributed by atoms with Crippen molar-refractivity contribution in [2.24, 2.45) is 0 Å². The van der Waals surface area contributed by atoms with Crippen LogP contribution in [0.5, 0.6) is 0 Å². The fraction of sp³-hybridized carbons (Fsp3) is 0.188. The van der Waals surface area contributed by atoms with E-state index in [1.54, 1.807) is 32.0 Å². The van der Waals surface area contributed by atoms with E-state index in [0.717, 1.165) is 0 Å². The van der Waals surface area contributed by atoms with Gasteiger partial charge in [0.05, 0.1) is 44.7 Å². The van der Waals surface area contributed by atoms with E-state index in [9.17, 15) is 14.9 Å². The molecular weight excluding hydrogens is 397 g/mol. The van der Waals surface area contributed by atoms with Crippen LogP contribution in [0.4, 0.5) is 11.5 Å². The molecule has 0 saturated heterocycles. The molecule has 1 amide bonds. The van der Waals surface area contributed by atoms with E-state index in [4.69, 9.17) is 27.7 Å². The second-order valence-electron chi connectivity index (χ2n) is 5.68. The lowest BCUT2D eigenvalue weighted by Gasteiger charge is -2.08. The Bertz CT molecular complexity index is 1020. The third-order valence-corrected chi connectivity index (χ3v) is 4.49. The first-order chi connectivity index (χ1) is 12.8. The molecule has 140 valence electrons. The molecule has 0 fully saturated rings. The summed E-state index contributed by atoms with van der Waals surface area (Å²) in [6.45, 7) is 3.38. The number of rotatable bonds is 5. The number of para-hydroxylation sites is 1. The van der Waals surface area contributed by atoms with Crippen molar-refractivity contribution in [2.75, 3.05) is 5.32 Å². The number of amides is 1. The van der Waals surface area contributed by atoms with Gasteiger partial charge >= 0.3 is 5.82 Å². The predicted octanol–water partition coefficient (Wildman–Crippen LogP) is 4.00. The third kappa shape index (κ3) is 3.79. The molecule has 0 unspecified atom stereocenters. The lowest BCUT2D eigenvalue weighted by molar-refractivity contribution is -0.389. The van der Waals surface area contributed by atoms with E-state index in [0.29, 0.717) is 17.0 Å². The van der Waals surface area contributed by atoms with Gasteiger partial charge in [-0.2, -0.15) is 4.68 Å². The van der Waals surface area contributed by atoms with Gasteiger partial charge in [0.2, 0.25) is 0 Å². The van der Waals surface area contributed by atoms with Crippen LogP contribution in [0.15, 0.2) is 28.8 Å². The first kappa shape index (κ1) is 18.9. The number of anilines is 1. The summed E-state index contributed by atoms with van der Waals surface area (Å²) in [6.07, 6.45) is 0. The van der Waals surface area contributed by atoms with Crippen molar-refractivity contribution in [3.63, 3.8) is 0 Å². The van der Waals surface area contributed by atoms with Crippen LogP contribution < -0.4 is 5.32 Å². The van der Waals surface area contributed by atoms with E-state index in [1.807, 2.05) is 0 Å². The first-order valence-electron chi connectivity index (χ1n) is 7.67. The highest BCUT2D eigenvalue weighted by Gasteiger charge is 2.24. The van der Waals surface area contributed by atoms with Gasteiger partial charge in [0.25, 0.3) is 5.91 Å². The number of aryl methyl sites for hydroxylation is 2. The molecule has 0 aliphatic rings. The Kier molecular flexibility index (Phi) is 5.15. The second-order valence-corrected chi connectivity index (χ2v) is 6.49. The predicted molar refractivity (Wildman–Crippen MR) is 98.4 cm³/mol. The minimum Gasteiger partial charge on any atom is -0.361 e. The minimum absolute atomic E-state index is 0.0149. The number of benzene rings is 1. The number of carbonyl (C=O) groups is 1. The summed E-state index contributed by atoms with van der Waals surface area (Å²) in [7, 11) is 0. The van der Waals surface area contributed by atoms with Crippen molar-refractivity contribution in [1.82, 2.24) is 14.9 Å². The van der Waals surface area contributed by atoms with Crippen molar-refractivity contribution in [2.45, 2.75) is 20.4 Å². The normalized spacial score (nSPS) is 10.8. The van der Waals surface area contributed by atoms with Crippen LogP contribution in [0, 0.1) is 24.0 Å². The molecule has 0 radical (unpaired) electrons. The van der Waals surface area contributed by atoms with Crippen LogP contribution in [0.2, 0.25) is 10.0 Å². The van der Waals surface area contributed by atoms with Gasteiger partial charge < -0.3 is 20.0 Å². The average Bonchev–Trinajstić information content (AvgIpc) is 3.15. The van der Waals surface area contributed by atoms with Crippen molar-refractivity contribution < 1.29 is 14.2 Å². The molecule has 2 heterocycles. The van der Waals surface area contributed by atoms with Gasteiger partial charge in [0, 0.05) is 0 Å². The number of nitrogens with one attached hydrogen (secondary N) is 1. The molecule has 0 spiro atoms. The zero-order valence-electron chi connectivity index (χ0n) is 14.2. The number of hydrogen-bond donors (Lipinski definition) is 1. The average molecular weight is 410 g/mol. The van der Waals surface area contributed by atoms with E-state index in [2.05, 4.69) is 15.6 Å². The maximum absolute atomic E-state index is 12.7. The maximum atomic E-state index is 12.7. The standard InChI is InChI=1S/C16H13Cl2N5O4/c1-8-6-13(23(25)26)20-22(8)7-10-9(2)27-21-14(10)16(24)19-15-11(17)4-3-5-12(15)18/h3-6H,7H2,1-2H3,(H,19,24). The quantitative estimate of drug-likeness (QED) is 0.502. The molecule has 1 N–H and O–H groups in total. The molecule has 0 bridgehead atoms. The number of hydrogen-bond acceptors (Lipinski definition) is 6. The molecule has 3 rings (SSSR count). The number of nitrogens with zero attached hydrogens (tertiary/aromatic N) is 4. The summed E-state index contributed by atoms with van der Waals surface area (Å²) in [5.41, 5.74) is 1.27. The Hall–Kier alpha value is -2.91. The molecule has 2 aromatic heterocycles. The van der Waals surface area contributed by atoms with Crippen LogP contribution >= 0.6 is 23.2 Å². The topological polar surface area (TPSA) is 116 Å². The Morgan fingerprint density at radius 1 is 1.33 bits per heavy atom. The highest BCUT2D eigenvalue weighted by Crippen LogP contribution is 2.30. The Morgan fingerprint density at radius 3 is 2.59 bits per heavy atom. The third-order valence-electron chi connectivity index (χ3n) is 3.86. The van der Waals surface area contributed by atoms with Gasteiger partial charge in [-0.1, -0.05) is 34.4 Å². The Balaban J connectivity index is 1.91. The highest BCUT2D eigenvalue weighted by molar-refractivity contribution is 6.40. The molecule has 0 atom stereocenters. The largest absolute Gasteiger partial charge is 0.390 e.